The van der Waals surface area contributed by atoms with Gasteiger partial charge in [-0.3, -0.25) is 19.2 Å². The van der Waals surface area contributed by atoms with Crippen molar-refractivity contribution in [3.63, 3.8) is 0 Å². The molecule has 0 spiro atoms. The molecule has 0 aliphatic carbocycles. The average molecular weight is 529 g/mol. The highest BCUT2D eigenvalue weighted by Gasteiger charge is 2.07. The topological polar surface area (TPSA) is 105 Å². The van der Waals surface area contributed by atoms with Crippen LogP contribution in [0.25, 0.3) is 0 Å². The normalized spacial score (nSPS) is 10.6. The minimum atomic E-state index is -0.210. The second-order valence-electron chi connectivity index (χ2n) is 9.48. The molecule has 0 N–H and O–H groups in total. The fourth-order valence-electron chi connectivity index (χ4n) is 3.52. The second kappa shape index (κ2) is 26.9. The molecule has 0 rings (SSSR count). The Balaban J connectivity index is 3.40. The van der Waals surface area contributed by atoms with Gasteiger partial charge in [-0.1, -0.05) is 39.5 Å². The Hall–Kier alpha value is -2.12. The fourth-order valence-corrected chi connectivity index (χ4v) is 3.52. The van der Waals surface area contributed by atoms with Crippen LogP contribution in [0.2, 0.25) is 0 Å². The van der Waals surface area contributed by atoms with Crippen molar-refractivity contribution in [3.05, 3.63) is 0 Å². The van der Waals surface area contributed by atoms with Crippen LogP contribution in [0.4, 0.5) is 0 Å². The van der Waals surface area contributed by atoms with Crippen LogP contribution < -0.4 is 0 Å². The first-order valence-electron chi connectivity index (χ1n) is 14.6. The third-order valence-corrected chi connectivity index (χ3v) is 5.86. The van der Waals surface area contributed by atoms with E-state index in [-0.39, 0.29) is 23.9 Å². The van der Waals surface area contributed by atoms with Crippen LogP contribution in [0.1, 0.15) is 136 Å². The number of carbonyl (C=O) groups is 4. The molecule has 0 aromatic rings. The zero-order valence-corrected chi connectivity index (χ0v) is 23.5. The molecule has 0 aromatic carbocycles. The summed E-state index contributed by atoms with van der Waals surface area (Å²) in [6.07, 6.45) is 14.7. The standard InChI is InChI=1S/C29H52O8/c1-3-5-7-11-18-27(31)35-23-16-9-13-20-29(33)37-25-17-10-14-21-28(32)36-24-15-8-12-19-26(30)34-22-6-4-2/h3-25H2,1-2H3. The van der Waals surface area contributed by atoms with Gasteiger partial charge in [-0.25, -0.2) is 0 Å². The molecule has 8 heteroatoms. The van der Waals surface area contributed by atoms with Gasteiger partial charge in [-0.05, 0) is 70.6 Å². The number of hydrogen-bond acceptors (Lipinski definition) is 8. The van der Waals surface area contributed by atoms with Crippen LogP contribution in [-0.2, 0) is 38.1 Å². The summed E-state index contributed by atoms with van der Waals surface area (Å²) in [5, 5.41) is 0. The predicted molar refractivity (Wildman–Crippen MR) is 143 cm³/mol. The SMILES string of the molecule is CCCCCCC(=O)OCCCCCC(=O)OCCCCCC(=O)OCCCCCC(=O)OCCCC. The van der Waals surface area contributed by atoms with Crippen molar-refractivity contribution < 1.29 is 38.1 Å². The van der Waals surface area contributed by atoms with Gasteiger partial charge in [0.05, 0.1) is 26.4 Å². The molecule has 0 atom stereocenters. The van der Waals surface area contributed by atoms with Crippen molar-refractivity contribution >= 4 is 23.9 Å². The quantitative estimate of drug-likeness (QED) is 0.0701. The largest absolute Gasteiger partial charge is 0.466 e. The van der Waals surface area contributed by atoms with E-state index in [1.165, 1.54) is 0 Å². The Labute approximate surface area is 224 Å². The third-order valence-electron chi connectivity index (χ3n) is 5.86. The Morgan fingerprint density at radius 3 is 0.919 bits per heavy atom. The smallest absolute Gasteiger partial charge is 0.305 e. The van der Waals surface area contributed by atoms with Crippen LogP contribution in [0, 0.1) is 0 Å². The summed E-state index contributed by atoms with van der Waals surface area (Å²) in [5.41, 5.74) is 0. The molecule has 0 aliphatic rings. The van der Waals surface area contributed by atoms with Crippen molar-refractivity contribution in [1.29, 1.82) is 0 Å². The lowest BCUT2D eigenvalue weighted by Gasteiger charge is -2.07. The van der Waals surface area contributed by atoms with Crippen molar-refractivity contribution in [3.8, 4) is 0 Å². The van der Waals surface area contributed by atoms with E-state index < -0.39 is 0 Å². The number of rotatable bonds is 26. The van der Waals surface area contributed by atoms with Gasteiger partial charge in [0, 0.05) is 25.7 Å². The molecule has 37 heavy (non-hydrogen) atoms. The lowest BCUT2D eigenvalue weighted by atomic mass is 10.1. The van der Waals surface area contributed by atoms with Crippen LogP contribution in [0.5, 0.6) is 0 Å². The first kappa shape index (κ1) is 34.9. The summed E-state index contributed by atoms with van der Waals surface area (Å²) in [5.74, 6) is -0.698. The Bertz CT molecular complexity index is 590. The lowest BCUT2D eigenvalue weighted by Crippen LogP contribution is -2.08. The number of ether oxygens (including phenoxy) is 4. The van der Waals surface area contributed by atoms with Crippen molar-refractivity contribution in [1.82, 2.24) is 0 Å². The van der Waals surface area contributed by atoms with Crippen LogP contribution >= 0.6 is 0 Å². The fraction of sp³-hybridized carbons (Fsp3) is 0.862. The maximum atomic E-state index is 11.8. The van der Waals surface area contributed by atoms with Crippen molar-refractivity contribution in [2.24, 2.45) is 0 Å². The second-order valence-corrected chi connectivity index (χ2v) is 9.48. The highest BCUT2D eigenvalue weighted by Crippen LogP contribution is 2.08. The van der Waals surface area contributed by atoms with Gasteiger partial charge >= 0.3 is 23.9 Å². The Kier molecular flexibility index (Phi) is 25.4. The van der Waals surface area contributed by atoms with E-state index in [0.717, 1.165) is 89.9 Å². The van der Waals surface area contributed by atoms with E-state index in [9.17, 15) is 19.2 Å². The number of carbonyl (C=O) groups excluding carboxylic acids is 4. The number of hydrogen-bond donors (Lipinski definition) is 0. The summed E-state index contributed by atoms with van der Waals surface area (Å²) in [4.78, 5) is 46.6. The minimum Gasteiger partial charge on any atom is -0.466 e. The van der Waals surface area contributed by atoms with Crippen molar-refractivity contribution in [2.45, 2.75) is 136 Å². The maximum Gasteiger partial charge on any atom is 0.305 e. The highest BCUT2D eigenvalue weighted by molar-refractivity contribution is 5.70. The van der Waals surface area contributed by atoms with Crippen LogP contribution in [0.15, 0.2) is 0 Å². The molecule has 0 heterocycles. The van der Waals surface area contributed by atoms with Gasteiger partial charge in [0.15, 0.2) is 0 Å². The molecular formula is C29H52O8. The van der Waals surface area contributed by atoms with Gasteiger partial charge in [0.1, 0.15) is 0 Å². The van der Waals surface area contributed by atoms with Crippen molar-refractivity contribution in [2.75, 3.05) is 26.4 Å². The van der Waals surface area contributed by atoms with Crippen LogP contribution in [-0.4, -0.2) is 50.3 Å². The van der Waals surface area contributed by atoms with Gasteiger partial charge < -0.3 is 18.9 Å². The molecule has 0 fully saturated rings. The Morgan fingerprint density at radius 2 is 0.622 bits per heavy atom. The number of unbranched alkanes of at least 4 members (excludes halogenated alkanes) is 10. The summed E-state index contributed by atoms with van der Waals surface area (Å²) < 4.78 is 20.7. The van der Waals surface area contributed by atoms with Gasteiger partial charge in [-0.2, -0.15) is 0 Å². The first-order valence-corrected chi connectivity index (χ1v) is 14.6. The van der Waals surface area contributed by atoms with E-state index in [0.29, 0.717) is 58.5 Å². The van der Waals surface area contributed by atoms with Gasteiger partial charge in [0.2, 0.25) is 0 Å². The van der Waals surface area contributed by atoms with Gasteiger partial charge in [0.25, 0.3) is 0 Å². The molecule has 0 unspecified atom stereocenters. The van der Waals surface area contributed by atoms with E-state index >= 15 is 0 Å². The molecule has 0 radical (unpaired) electrons. The molecular weight excluding hydrogens is 476 g/mol. The molecule has 0 bridgehead atoms. The predicted octanol–water partition coefficient (Wildman–Crippen LogP) is 6.61. The Morgan fingerprint density at radius 1 is 0.351 bits per heavy atom. The first-order chi connectivity index (χ1) is 18.0. The lowest BCUT2D eigenvalue weighted by molar-refractivity contribution is -0.145. The van der Waals surface area contributed by atoms with E-state index in [2.05, 4.69) is 13.8 Å². The van der Waals surface area contributed by atoms with Gasteiger partial charge in [-0.15, -0.1) is 0 Å². The minimum absolute atomic E-state index is 0.128. The molecule has 0 aromatic heterocycles. The molecule has 0 amide bonds. The molecule has 0 aliphatic heterocycles. The summed E-state index contributed by atoms with van der Waals surface area (Å²) >= 11 is 0. The summed E-state index contributed by atoms with van der Waals surface area (Å²) in [6.45, 7) is 5.85. The zero-order chi connectivity index (χ0) is 27.4. The summed E-state index contributed by atoms with van der Waals surface area (Å²) in [6, 6.07) is 0. The van der Waals surface area contributed by atoms with Crippen LogP contribution in [0.3, 0.4) is 0 Å². The van der Waals surface area contributed by atoms with E-state index in [4.69, 9.17) is 18.9 Å². The van der Waals surface area contributed by atoms with E-state index in [1.54, 1.807) is 0 Å². The third kappa shape index (κ3) is 26.7. The van der Waals surface area contributed by atoms with E-state index in [1.807, 2.05) is 0 Å². The molecule has 8 nitrogen and oxygen atoms in total. The molecule has 216 valence electrons. The number of esters is 4. The molecule has 0 saturated carbocycles. The highest BCUT2D eigenvalue weighted by atomic mass is 16.5. The monoisotopic (exact) mass is 528 g/mol. The molecule has 0 saturated heterocycles. The average Bonchev–Trinajstić information content (AvgIpc) is 2.88. The zero-order valence-electron chi connectivity index (χ0n) is 23.5. The summed E-state index contributed by atoms with van der Waals surface area (Å²) in [7, 11) is 0. The maximum absolute atomic E-state index is 11.8.